The van der Waals surface area contributed by atoms with E-state index in [-0.39, 0.29) is 18.2 Å². The Bertz CT molecular complexity index is 1470. The lowest BCUT2D eigenvalue weighted by atomic mass is 9.95. The number of benzene rings is 1. The van der Waals surface area contributed by atoms with Gasteiger partial charge in [-0.05, 0) is 58.0 Å². The van der Waals surface area contributed by atoms with Crippen molar-refractivity contribution < 1.29 is 4.74 Å². The van der Waals surface area contributed by atoms with E-state index in [1.807, 2.05) is 42.8 Å². The molecule has 3 heterocycles. The minimum atomic E-state index is -0.281. The standard InChI is InChI=1S/C38H57N11O/c1-8-30(9-2)22-33(23-39-5)36-26-40-37(10-3)44-45-49(29-43-36)28-35-27-48(20-21-50-35)38-41-24-34(25-42-38)32-14-12-31(13-15-32)16-17-47(7)19-18-46(6)11-4/h8-9,12-15,23-26,33,35,37H,1,10-11,16-22,27-29H2,2-7H3/b30-9-,39-23?,40-26?,43-36?,45-44?. The minimum absolute atomic E-state index is 0.0280. The van der Waals surface area contributed by atoms with Gasteiger partial charge in [-0.15, -0.1) is 5.11 Å². The zero-order chi connectivity index (χ0) is 35.7. The number of hydrogen-bond donors (Lipinski definition) is 0. The number of anilines is 1. The van der Waals surface area contributed by atoms with Gasteiger partial charge in [0.05, 0.1) is 25.0 Å². The van der Waals surface area contributed by atoms with Gasteiger partial charge in [0.1, 0.15) is 6.67 Å². The predicted octanol–water partition coefficient (Wildman–Crippen LogP) is 5.50. The van der Waals surface area contributed by atoms with E-state index in [2.05, 4.69) is 94.9 Å². The fourth-order valence-corrected chi connectivity index (χ4v) is 5.71. The molecule has 3 atom stereocenters. The molecule has 1 saturated heterocycles. The third kappa shape index (κ3) is 12.0. The van der Waals surface area contributed by atoms with Crippen LogP contribution in [0.1, 0.15) is 39.2 Å². The normalized spacial score (nSPS) is 19.5. The van der Waals surface area contributed by atoms with Gasteiger partial charge in [-0.3, -0.25) is 15.0 Å². The van der Waals surface area contributed by atoms with E-state index in [9.17, 15) is 0 Å². The molecule has 3 unspecified atom stereocenters. The predicted molar refractivity (Wildman–Crippen MR) is 207 cm³/mol. The van der Waals surface area contributed by atoms with Crippen molar-refractivity contribution in [1.29, 1.82) is 0 Å². The quantitative estimate of drug-likeness (QED) is 0.160. The van der Waals surface area contributed by atoms with Crippen LogP contribution in [0.25, 0.3) is 11.1 Å². The van der Waals surface area contributed by atoms with Crippen LogP contribution < -0.4 is 4.90 Å². The Balaban J connectivity index is 1.36. The second-order valence-electron chi connectivity index (χ2n) is 12.9. The van der Waals surface area contributed by atoms with E-state index in [0.717, 1.165) is 74.4 Å². The molecule has 0 aliphatic carbocycles. The molecule has 270 valence electrons. The van der Waals surface area contributed by atoms with Crippen molar-refractivity contribution in [3.63, 3.8) is 0 Å². The van der Waals surface area contributed by atoms with Crippen molar-refractivity contribution in [2.24, 2.45) is 31.2 Å². The number of rotatable bonds is 17. The Labute approximate surface area is 299 Å². The van der Waals surface area contributed by atoms with Crippen LogP contribution in [0.15, 0.2) is 86.3 Å². The van der Waals surface area contributed by atoms with E-state index in [4.69, 9.17) is 24.7 Å². The van der Waals surface area contributed by atoms with Crippen LogP contribution in [0, 0.1) is 5.92 Å². The summed E-state index contributed by atoms with van der Waals surface area (Å²) in [6, 6.07) is 8.77. The van der Waals surface area contributed by atoms with Gasteiger partial charge >= 0.3 is 0 Å². The first kappa shape index (κ1) is 38.7. The van der Waals surface area contributed by atoms with Crippen LogP contribution in [-0.2, 0) is 11.2 Å². The lowest BCUT2D eigenvalue weighted by molar-refractivity contribution is 0.0141. The molecule has 0 spiro atoms. The van der Waals surface area contributed by atoms with E-state index in [1.54, 1.807) is 7.05 Å². The van der Waals surface area contributed by atoms with Crippen molar-refractivity contribution in [3.8, 4) is 11.1 Å². The molecule has 1 fully saturated rings. The molecule has 4 rings (SSSR count). The summed E-state index contributed by atoms with van der Waals surface area (Å²) in [5.74, 6) is 0.671. The van der Waals surface area contributed by atoms with Crippen LogP contribution in [0.5, 0.6) is 0 Å². The van der Waals surface area contributed by atoms with Gasteiger partial charge in [-0.1, -0.05) is 67.6 Å². The maximum atomic E-state index is 6.19. The summed E-state index contributed by atoms with van der Waals surface area (Å²) in [4.78, 5) is 30.4. The average molecular weight is 684 g/mol. The fraction of sp³-hybridized carbons (Fsp3) is 0.553. The molecule has 2 aliphatic rings. The highest BCUT2D eigenvalue weighted by Gasteiger charge is 2.25. The molecule has 50 heavy (non-hydrogen) atoms. The molecule has 12 heteroatoms. The smallest absolute Gasteiger partial charge is 0.225 e. The summed E-state index contributed by atoms with van der Waals surface area (Å²) in [5, 5.41) is 10.9. The summed E-state index contributed by atoms with van der Waals surface area (Å²) in [7, 11) is 6.15. The molecule has 2 aliphatic heterocycles. The molecular formula is C38H57N11O. The second-order valence-corrected chi connectivity index (χ2v) is 12.9. The topological polar surface area (TPSA) is 110 Å². The highest BCUT2D eigenvalue weighted by Crippen LogP contribution is 2.22. The van der Waals surface area contributed by atoms with Crippen molar-refractivity contribution in [3.05, 3.63) is 66.5 Å². The van der Waals surface area contributed by atoms with Gasteiger partial charge in [0.25, 0.3) is 0 Å². The fourth-order valence-electron chi connectivity index (χ4n) is 5.71. The number of likely N-dealkylation sites (N-methyl/N-ethyl adjacent to an activating group) is 2. The van der Waals surface area contributed by atoms with Gasteiger partial charge in [0, 0.05) is 76.1 Å². The van der Waals surface area contributed by atoms with Gasteiger partial charge in [-0.25, -0.2) is 9.97 Å². The van der Waals surface area contributed by atoms with Crippen molar-refractivity contribution in [2.75, 3.05) is 85.1 Å². The zero-order valence-electron chi connectivity index (χ0n) is 31.0. The third-order valence-electron chi connectivity index (χ3n) is 9.22. The highest BCUT2D eigenvalue weighted by molar-refractivity contribution is 6.34. The van der Waals surface area contributed by atoms with Crippen LogP contribution >= 0.6 is 0 Å². The number of morpholine rings is 1. The minimum Gasteiger partial charge on any atom is -0.373 e. The van der Waals surface area contributed by atoms with Gasteiger partial charge < -0.3 is 24.4 Å². The largest absolute Gasteiger partial charge is 0.373 e. The zero-order valence-corrected chi connectivity index (χ0v) is 31.0. The maximum Gasteiger partial charge on any atom is 0.225 e. The summed E-state index contributed by atoms with van der Waals surface area (Å²) in [6.45, 7) is 17.3. The number of allylic oxidation sites excluding steroid dienone is 3. The number of aliphatic imine (C=N–C) groups is 3. The average Bonchev–Trinajstić information content (AvgIpc) is 3.25. The third-order valence-corrected chi connectivity index (χ3v) is 9.22. The van der Waals surface area contributed by atoms with E-state index in [1.165, 1.54) is 5.56 Å². The van der Waals surface area contributed by atoms with Gasteiger partial charge in [0.15, 0.2) is 6.17 Å². The molecule has 2 aromatic rings. The monoisotopic (exact) mass is 683 g/mol. The lowest BCUT2D eigenvalue weighted by Gasteiger charge is -2.34. The molecule has 1 aromatic carbocycles. The first-order valence-electron chi connectivity index (χ1n) is 17.9. The second kappa shape index (κ2) is 20.5. The Morgan fingerprint density at radius 1 is 1.08 bits per heavy atom. The number of ether oxygens (including phenoxy) is 1. The highest BCUT2D eigenvalue weighted by atomic mass is 16.5. The van der Waals surface area contributed by atoms with E-state index < -0.39 is 0 Å². The lowest BCUT2D eigenvalue weighted by Crippen LogP contribution is -2.47. The van der Waals surface area contributed by atoms with Crippen molar-refractivity contribution in [2.45, 2.75) is 52.3 Å². The Kier molecular flexibility index (Phi) is 15.9. The molecule has 12 nitrogen and oxygen atoms in total. The maximum absolute atomic E-state index is 6.19. The van der Waals surface area contributed by atoms with Crippen molar-refractivity contribution in [1.82, 2.24) is 24.8 Å². The number of aromatic nitrogens is 2. The van der Waals surface area contributed by atoms with Crippen LogP contribution in [-0.4, -0.2) is 135 Å². The molecule has 0 saturated carbocycles. The molecular weight excluding hydrogens is 626 g/mol. The van der Waals surface area contributed by atoms with Crippen LogP contribution in [0.2, 0.25) is 0 Å². The molecule has 0 amide bonds. The van der Waals surface area contributed by atoms with Crippen molar-refractivity contribution >= 4 is 24.1 Å². The molecule has 1 aromatic heterocycles. The first-order chi connectivity index (χ1) is 24.3. The molecule has 0 radical (unpaired) electrons. The van der Waals surface area contributed by atoms with Gasteiger partial charge in [-0.2, -0.15) is 0 Å². The summed E-state index contributed by atoms with van der Waals surface area (Å²) >= 11 is 0. The molecule has 0 N–H and O–H groups in total. The summed E-state index contributed by atoms with van der Waals surface area (Å²) in [5.41, 5.74) is 5.43. The van der Waals surface area contributed by atoms with E-state index in [0.29, 0.717) is 32.3 Å². The summed E-state index contributed by atoms with van der Waals surface area (Å²) in [6.07, 6.45) is 13.6. The Morgan fingerprint density at radius 3 is 2.52 bits per heavy atom. The van der Waals surface area contributed by atoms with Gasteiger partial charge in [0.2, 0.25) is 5.95 Å². The summed E-state index contributed by atoms with van der Waals surface area (Å²) < 4.78 is 6.19. The van der Waals surface area contributed by atoms with Crippen LogP contribution in [0.4, 0.5) is 5.95 Å². The Hall–Kier alpha value is -4.13. The first-order valence-corrected chi connectivity index (χ1v) is 17.9. The number of nitrogens with zero attached hydrogens (tertiary/aromatic N) is 11. The SMILES string of the molecule is C=C/C(=C/C)CC(C=NC)C1=NCN(CC2CN(c3ncc(-c4ccc(CCN(C)CCN(C)CC)cc4)cn3)CCO2)N=NC(CC)N=C1. The van der Waals surface area contributed by atoms with Crippen LogP contribution in [0.3, 0.4) is 0 Å². The Morgan fingerprint density at radius 2 is 1.84 bits per heavy atom. The number of hydrogen-bond acceptors (Lipinski definition) is 12. The van der Waals surface area contributed by atoms with E-state index >= 15 is 0 Å². The molecule has 0 bridgehead atoms.